The maximum Gasteiger partial charge on any atom is 0.338 e. The van der Waals surface area contributed by atoms with E-state index < -0.39 is 0 Å². The van der Waals surface area contributed by atoms with Gasteiger partial charge in [0.15, 0.2) is 0 Å². The first kappa shape index (κ1) is 13.1. The Balaban J connectivity index is 2.42. The highest BCUT2D eigenvalue weighted by Gasteiger charge is 2.14. The van der Waals surface area contributed by atoms with Crippen LogP contribution in [0.3, 0.4) is 0 Å². The molecule has 0 aromatic heterocycles. The second-order valence-electron chi connectivity index (χ2n) is 4.11. The lowest BCUT2D eigenvalue weighted by Gasteiger charge is -2.11. The average Bonchev–Trinajstić information content (AvgIpc) is 2.47. The number of esters is 1. The summed E-state index contributed by atoms with van der Waals surface area (Å²) in [4.78, 5) is 11.8. The maximum atomic E-state index is 11.8. The van der Waals surface area contributed by atoms with Crippen LogP contribution in [0.4, 0.5) is 0 Å². The molecule has 0 aliphatic carbocycles. The van der Waals surface area contributed by atoms with Crippen molar-refractivity contribution in [3.63, 3.8) is 0 Å². The molecule has 2 heteroatoms. The smallest absolute Gasteiger partial charge is 0.338 e. The topological polar surface area (TPSA) is 26.3 Å². The molecule has 2 aromatic carbocycles. The fourth-order valence-corrected chi connectivity index (χ4v) is 1.94. The molecule has 0 radical (unpaired) electrons. The van der Waals surface area contributed by atoms with Gasteiger partial charge in [-0.15, -0.1) is 0 Å². The van der Waals surface area contributed by atoms with E-state index in [0.29, 0.717) is 12.2 Å². The van der Waals surface area contributed by atoms with Gasteiger partial charge in [0.1, 0.15) is 0 Å². The van der Waals surface area contributed by atoms with E-state index in [1.807, 2.05) is 54.6 Å². The second kappa shape index (κ2) is 6.01. The van der Waals surface area contributed by atoms with Crippen molar-refractivity contribution in [3.05, 3.63) is 66.7 Å². The monoisotopic (exact) mass is 252 g/mol. The minimum Gasteiger partial charge on any atom is -0.462 e. The third kappa shape index (κ3) is 2.91. The predicted molar refractivity (Wildman–Crippen MR) is 77.5 cm³/mol. The van der Waals surface area contributed by atoms with E-state index in [4.69, 9.17) is 4.74 Å². The van der Waals surface area contributed by atoms with Gasteiger partial charge in [-0.3, -0.25) is 0 Å². The quantitative estimate of drug-likeness (QED) is 0.608. The molecule has 2 aromatic rings. The van der Waals surface area contributed by atoms with Crippen LogP contribution in [0, 0.1) is 0 Å². The maximum absolute atomic E-state index is 11.8. The summed E-state index contributed by atoms with van der Waals surface area (Å²) in [7, 11) is 0. The molecule has 0 unspecified atom stereocenters. The molecule has 2 rings (SSSR count). The molecular formula is C17H16O2. The molecule has 0 saturated heterocycles. The molecule has 0 aliphatic rings. The van der Waals surface area contributed by atoms with Gasteiger partial charge in [0.25, 0.3) is 0 Å². The summed E-state index contributed by atoms with van der Waals surface area (Å²) in [5.74, 6) is -0.370. The standard InChI is InChI=1S/C17H16O2/c1-3-19-17(18)13(2)15-11-7-8-12-16(15)14-9-5-4-6-10-14/h4-12H,2-3H2,1H3. The number of carbonyl (C=O) groups excluding carboxylic acids is 1. The SMILES string of the molecule is C=C(C(=O)OCC)c1ccccc1-c1ccccc1. The number of hydrogen-bond donors (Lipinski definition) is 0. The van der Waals surface area contributed by atoms with Gasteiger partial charge in [-0.25, -0.2) is 4.79 Å². The molecule has 2 nitrogen and oxygen atoms in total. The molecule has 0 aliphatic heterocycles. The highest BCUT2D eigenvalue weighted by atomic mass is 16.5. The Morgan fingerprint density at radius 3 is 2.37 bits per heavy atom. The van der Waals surface area contributed by atoms with Crippen LogP contribution in [0.25, 0.3) is 16.7 Å². The van der Waals surface area contributed by atoms with Crippen molar-refractivity contribution in [2.24, 2.45) is 0 Å². The average molecular weight is 252 g/mol. The summed E-state index contributed by atoms with van der Waals surface area (Å²) in [6, 6.07) is 17.6. The molecular weight excluding hydrogens is 236 g/mol. The van der Waals surface area contributed by atoms with Gasteiger partial charge in [0, 0.05) is 0 Å². The Morgan fingerprint density at radius 2 is 1.68 bits per heavy atom. The largest absolute Gasteiger partial charge is 0.462 e. The number of benzene rings is 2. The van der Waals surface area contributed by atoms with Crippen LogP contribution >= 0.6 is 0 Å². The van der Waals surface area contributed by atoms with Crippen LogP contribution in [-0.4, -0.2) is 12.6 Å². The number of ether oxygens (including phenoxy) is 1. The lowest BCUT2D eigenvalue weighted by Crippen LogP contribution is -2.06. The van der Waals surface area contributed by atoms with Gasteiger partial charge >= 0.3 is 5.97 Å². The lowest BCUT2D eigenvalue weighted by atomic mass is 9.95. The first-order valence-electron chi connectivity index (χ1n) is 6.25. The Labute approximate surface area is 113 Å². The predicted octanol–water partition coefficient (Wildman–Crippen LogP) is 3.93. The van der Waals surface area contributed by atoms with Crippen molar-refractivity contribution in [1.82, 2.24) is 0 Å². The van der Waals surface area contributed by atoms with Crippen molar-refractivity contribution in [2.75, 3.05) is 6.61 Å². The zero-order valence-corrected chi connectivity index (χ0v) is 10.9. The fourth-order valence-electron chi connectivity index (χ4n) is 1.94. The molecule has 0 spiro atoms. The van der Waals surface area contributed by atoms with E-state index in [-0.39, 0.29) is 5.97 Å². The zero-order chi connectivity index (χ0) is 13.7. The molecule has 19 heavy (non-hydrogen) atoms. The van der Waals surface area contributed by atoms with Gasteiger partial charge in [-0.1, -0.05) is 61.2 Å². The van der Waals surface area contributed by atoms with E-state index in [2.05, 4.69) is 6.58 Å². The molecule has 0 fully saturated rings. The Hall–Kier alpha value is -2.35. The first-order chi connectivity index (χ1) is 9.24. The number of carbonyl (C=O) groups is 1. The molecule has 0 bridgehead atoms. The summed E-state index contributed by atoms with van der Waals surface area (Å²) in [6.07, 6.45) is 0. The molecule has 0 atom stereocenters. The summed E-state index contributed by atoms with van der Waals surface area (Å²) < 4.78 is 5.01. The van der Waals surface area contributed by atoms with Crippen LogP contribution in [-0.2, 0) is 9.53 Å². The molecule has 0 amide bonds. The Morgan fingerprint density at radius 1 is 1.05 bits per heavy atom. The van der Waals surface area contributed by atoms with Gasteiger partial charge in [0.2, 0.25) is 0 Å². The van der Waals surface area contributed by atoms with Crippen LogP contribution in [0.5, 0.6) is 0 Å². The van der Waals surface area contributed by atoms with Crippen molar-refractivity contribution >= 4 is 11.5 Å². The summed E-state index contributed by atoms with van der Waals surface area (Å²) in [5, 5.41) is 0. The highest BCUT2D eigenvalue weighted by molar-refractivity contribution is 6.17. The van der Waals surface area contributed by atoms with Gasteiger partial charge in [-0.2, -0.15) is 0 Å². The van der Waals surface area contributed by atoms with Crippen LogP contribution in [0.1, 0.15) is 12.5 Å². The van der Waals surface area contributed by atoms with Crippen molar-refractivity contribution < 1.29 is 9.53 Å². The van der Waals surface area contributed by atoms with Gasteiger partial charge < -0.3 is 4.74 Å². The van der Waals surface area contributed by atoms with Crippen molar-refractivity contribution in [1.29, 1.82) is 0 Å². The molecule has 96 valence electrons. The van der Waals surface area contributed by atoms with Crippen molar-refractivity contribution in [3.8, 4) is 11.1 Å². The van der Waals surface area contributed by atoms with Gasteiger partial charge in [-0.05, 0) is 23.6 Å². The summed E-state index contributed by atoms with van der Waals surface area (Å²) >= 11 is 0. The first-order valence-corrected chi connectivity index (χ1v) is 6.25. The molecule has 0 N–H and O–H groups in total. The number of hydrogen-bond acceptors (Lipinski definition) is 2. The van der Waals surface area contributed by atoms with E-state index in [9.17, 15) is 4.79 Å². The zero-order valence-electron chi connectivity index (χ0n) is 10.9. The third-order valence-corrected chi connectivity index (χ3v) is 2.86. The van der Waals surface area contributed by atoms with Crippen molar-refractivity contribution in [2.45, 2.75) is 6.92 Å². The summed E-state index contributed by atoms with van der Waals surface area (Å²) in [6.45, 7) is 5.99. The Kier molecular flexibility index (Phi) is 4.14. The lowest BCUT2D eigenvalue weighted by molar-refractivity contribution is -0.136. The van der Waals surface area contributed by atoms with E-state index >= 15 is 0 Å². The minimum atomic E-state index is -0.370. The highest BCUT2D eigenvalue weighted by Crippen LogP contribution is 2.28. The summed E-state index contributed by atoms with van der Waals surface area (Å²) in [5.41, 5.74) is 3.25. The molecule has 0 saturated carbocycles. The van der Waals surface area contributed by atoms with E-state index in [1.165, 1.54) is 0 Å². The number of rotatable bonds is 4. The van der Waals surface area contributed by atoms with Crippen LogP contribution in [0.15, 0.2) is 61.2 Å². The van der Waals surface area contributed by atoms with Crippen LogP contribution < -0.4 is 0 Å². The second-order valence-corrected chi connectivity index (χ2v) is 4.11. The van der Waals surface area contributed by atoms with E-state index in [1.54, 1.807) is 6.92 Å². The molecule has 0 heterocycles. The van der Waals surface area contributed by atoms with E-state index in [0.717, 1.165) is 16.7 Å². The normalized spacial score (nSPS) is 9.95. The van der Waals surface area contributed by atoms with Crippen LogP contribution in [0.2, 0.25) is 0 Å². The fraction of sp³-hybridized carbons (Fsp3) is 0.118. The Bertz CT molecular complexity index is 585. The third-order valence-electron chi connectivity index (χ3n) is 2.86. The minimum absolute atomic E-state index is 0.353. The van der Waals surface area contributed by atoms with Gasteiger partial charge in [0.05, 0.1) is 12.2 Å².